The first-order valence-corrected chi connectivity index (χ1v) is 10.3. The molecule has 3 aromatic carbocycles. The van der Waals surface area contributed by atoms with Crippen LogP contribution in [0.2, 0.25) is 0 Å². The van der Waals surface area contributed by atoms with Crippen molar-refractivity contribution in [2.75, 3.05) is 0 Å². The van der Waals surface area contributed by atoms with Crippen LogP contribution in [0, 0.1) is 45.4 Å². The molecular weight excluding hydrogens is 507 g/mol. The van der Waals surface area contributed by atoms with Crippen molar-refractivity contribution in [2.24, 2.45) is 0 Å². The van der Waals surface area contributed by atoms with E-state index in [1.165, 1.54) is 0 Å². The molecule has 5 radical (unpaired) electrons. The van der Waals surface area contributed by atoms with Crippen LogP contribution in [0.4, 0.5) is 0 Å². The van der Waals surface area contributed by atoms with Crippen molar-refractivity contribution in [2.45, 2.75) is 0 Å². The van der Waals surface area contributed by atoms with Crippen LogP contribution in [-0.4, -0.2) is 0 Å². The van der Waals surface area contributed by atoms with Gasteiger partial charge in [-0.3, -0.25) is 13.6 Å². The van der Waals surface area contributed by atoms with Crippen molar-refractivity contribution in [1.82, 2.24) is 0 Å². The van der Waals surface area contributed by atoms with Crippen molar-refractivity contribution < 1.29 is 43.9 Å². The molecule has 1 saturated carbocycles. The van der Waals surface area contributed by atoms with Gasteiger partial charge in [-0.05, 0) is 68.5 Å². The first-order chi connectivity index (χ1) is 15.4. The SMILES string of the molecule is [C-]#[O+].[C-]#[O+].[CH]1[CH][CH][CH][CH]1.[Mo].c1ccc(O[PH+](Oc2ccccc2)Oc2ccccc2)cc1. The van der Waals surface area contributed by atoms with Gasteiger partial charge in [-0.2, -0.15) is 0 Å². The average Bonchev–Trinajstić information content (AvgIpc) is 3.44. The molecule has 0 aromatic heterocycles. The molecule has 0 N–H and O–H groups in total. The van der Waals surface area contributed by atoms with E-state index in [9.17, 15) is 0 Å². The maximum Gasteiger partial charge on any atom is 0.528 e. The van der Waals surface area contributed by atoms with E-state index in [4.69, 9.17) is 22.9 Å². The van der Waals surface area contributed by atoms with Gasteiger partial charge in [0.05, 0.1) is 0 Å². The molecule has 0 aliphatic heterocycles. The van der Waals surface area contributed by atoms with Gasteiger partial charge in [0, 0.05) is 21.1 Å². The van der Waals surface area contributed by atoms with Gasteiger partial charge in [0.2, 0.25) is 0 Å². The number of hydrogen-bond acceptors (Lipinski definition) is 3. The Balaban J connectivity index is 0.000000822. The molecule has 4 rings (SSSR count). The zero-order valence-corrected chi connectivity index (χ0v) is 20.0. The zero-order valence-electron chi connectivity index (χ0n) is 17.0. The summed E-state index contributed by atoms with van der Waals surface area (Å²) in [4.78, 5) is 0. The van der Waals surface area contributed by atoms with Gasteiger partial charge in [0.1, 0.15) is 0 Å². The maximum absolute atomic E-state index is 7.50. The van der Waals surface area contributed by atoms with Crippen LogP contribution in [0.5, 0.6) is 17.2 Å². The molecule has 0 bridgehead atoms. The quantitative estimate of drug-likeness (QED) is 0.167. The predicted octanol–water partition coefficient (Wildman–Crippen LogP) is 6.13. The van der Waals surface area contributed by atoms with Crippen LogP contribution in [0.15, 0.2) is 91.0 Å². The number of benzene rings is 3. The van der Waals surface area contributed by atoms with Crippen molar-refractivity contribution in [3.05, 3.63) is 136 Å². The molecule has 1 aliphatic rings. The second kappa shape index (κ2) is 20.6. The molecule has 0 unspecified atom stereocenters. The summed E-state index contributed by atoms with van der Waals surface area (Å²) in [6.07, 6.45) is 10.0. The van der Waals surface area contributed by atoms with Gasteiger partial charge < -0.3 is 0 Å². The van der Waals surface area contributed by atoms with E-state index < -0.39 is 8.60 Å². The molecule has 0 heterocycles. The van der Waals surface area contributed by atoms with Crippen LogP contribution in [0.25, 0.3) is 0 Å². The van der Waals surface area contributed by atoms with Crippen LogP contribution >= 0.6 is 8.60 Å². The smallest absolute Gasteiger partial charge is 0.273 e. The van der Waals surface area contributed by atoms with E-state index in [0.717, 1.165) is 17.2 Å². The van der Waals surface area contributed by atoms with Gasteiger partial charge >= 0.3 is 31.2 Å². The van der Waals surface area contributed by atoms with E-state index in [0.29, 0.717) is 0 Å². The third kappa shape index (κ3) is 13.2. The van der Waals surface area contributed by atoms with Crippen molar-refractivity contribution in [3.63, 3.8) is 0 Å². The summed E-state index contributed by atoms with van der Waals surface area (Å²) in [5.74, 6) is 2.18. The molecule has 7 heteroatoms. The van der Waals surface area contributed by atoms with Gasteiger partial charge in [0.25, 0.3) is 0 Å². The van der Waals surface area contributed by atoms with Crippen LogP contribution in [0.3, 0.4) is 0 Å². The molecule has 5 nitrogen and oxygen atoms in total. The summed E-state index contributed by atoms with van der Waals surface area (Å²) in [5, 5.41) is 0. The third-order valence-corrected chi connectivity index (χ3v) is 4.60. The van der Waals surface area contributed by atoms with E-state index >= 15 is 0 Å². The Bertz CT molecular complexity index is 728. The topological polar surface area (TPSA) is 67.5 Å². The monoisotopic (exact) mass is 530 g/mol. The zero-order chi connectivity index (χ0) is 22.6. The molecule has 0 atom stereocenters. The summed E-state index contributed by atoms with van der Waals surface area (Å²) in [5.41, 5.74) is 0. The third-order valence-electron chi connectivity index (χ3n) is 3.39. The molecule has 0 saturated heterocycles. The Morgan fingerprint density at radius 1 is 0.438 bits per heavy atom. The van der Waals surface area contributed by atoms with E-state index in [1.807, 2.05) is 123 Å². The minimum atomic E-state index is -2.00. The largest absolute Gasteiger partial charge is 0.528 e. The van der Waals surface area contributed by atoms with Crippen molar-refractivity contribution in [3.8, 4) is 17.2 Å². The first kappa shape index (κ1) is 29.7. The molecule has 3 aromatic rings. The molecule has 0 spiro atoms. The van der Waals surface area contributed by atoms with Gasteiger partial charge in [-0.15, -0.1) is 0 Å². The average molecular weight is 528 g/mol. The fraction of sp³-hybridized carbons (Fsp3) is 0. The van der Waals surface area contributed by atoms with E-state index in [-0.39, 0.29) is 21.1 Å². The molecule has 0 amide bonds. The number of para-hydroxylation sites is 3. The normalized spacial score (nSPS) is 10.9. The Labute approximate surface area is 205 Å². The Morgan fingerprint density at radius 2 is 0.656 bits per heavy atom. The Hall–Kier alpha value is -2.34. The molecule has 32 heavy (non-hydrogen) atoms. The van der Waals surface area contributed by atoms with E-state index in [2.05, 4.69) is 13.3 Å². The first-order valence-electron chi connectivity index (χ1n) is 9.03. The number of rotatable bonds is 6. The van der Waals surface area contributed by atoms with Crippen LogP contribution in [-0.2, 0) is 30.4 Å². The van der Waals surface area contributed by atoms with Gasteiger partial charge in [0.15, 0.2) is 17.2 Å². The fourth-order valence-corrected chi connectivity index (χ4v) is 3.25. The Morgan fingerprint density at radius 3 is 0.875 bits per heavy atom. The maximum atomic E-state index is 7.50. The summed E-state index contributed by atoms with van der Waals surface area (Å²) < 4.78 is 32.6. The molecule has 1 aliphatic carbocycles. The van der Waals surface area contributed by atoms with Gasteiger partial charge in [-0.25, -0.2) is 0 Å². The molecule has 1 fully saturated rings. The summed E-state index contributed by atoms with van der Waals surface area (Å²) in [7, 11) is -2.00. The van der Waals surface area contributed by atoms with Crippen molar-refractivity contribution >= 4 is 8.60 Å². The van der Waals surface area contributed by atoms with Crippen molar-refractivity contribution in [1.29, 1.82) is 0 Å². The Kier molecular flexibility index (Phi) is 19.1. The number of hydrogen-bond donors (Lipinski definition) is 0. The second-order valence-corrected chi connectivity index (χ2v) is 6.57. The predicted molar refractivity (Wildman–Crippen MR) is 119 cm³/mol. The minimum absolute atomic E-state index is 0. The minimum Gasteiger partial charge on any atom is -0.273 e. The summed E-state index contributed by atoms with van der Waals surface area (Å²) in [6, 6.07) is 28.6. The molecule has 161 valence electrons. The van der Waals surface area contributed by atoms with E-state index in [1.54, 1.807) is 0 Å². The van der Waals surface area contributed by atoms with Crippen LogP contribution in [0.1, 0.15) is 0 Å². The fourth-order valence-electron chi connectivity index (χ4n) is 2.14. The van der Waals surface area contributed by atoms with Gasteiger partial charge in [-0.1, -0.05) is 54.6 Å². The van der Waals surface area contributed by atoms with Crippen LogP contribution < -0.4 is 13.6 Å². The molecular formula is C25H21MoO5P+. The standard InChI is InChI=1S/C18H16O3P.C5H5.2CO.Mo/c1-4-10-16(11-5-1)19-22(20-17-12-6-2-7-13-17)21-18-14-8-3-9-15-18;1-2-4-5-3-1;2*1-2;/h1-15,22H;1-5H;;;/q+1;;;;. The summed E-state index contributed by atoms with van der Waals surface area (Å²) in [6.45, 7) is 9.00. The summed E-state index contributed by atoms with van der Waals surface area (Å²) >= 11 is 0. The second-order valence-electron chi connectivity index (χ2n) is 5.46.